The number of rotatable bonds is 9. The van der Waals surface area contributed by atoms with Crippen molar-refractivity contribution < 1.29 is 14.9 Å². The average molecular weight is 285 g/mol. The molecule has 1 rings (SSSR count). The van der Waals surface area contributed by atoms with E-state index in [1.807, 2.05) is 13.8 Å². The first-order valence-corrected chi connectivity index (χ1v) is 7.71. The van der Waals surface area contributed by atoms with E-state index in [9.17, 15) is 5.11 Å². The second-order valence-corrected chi connectivity index (χ2v) is 6.61. The highest BCUT2D eigenvalue weighted by Gasteiger charge is 2.20. The summed E-state index contributed by atoms with van der Waals surface area (Å²) in [5.41, 5.74) is -0.154. The van der Waals surface area contributed by atoms with Crippen LogP contribution in [0.1, 0.15) is 40.0 Å². The fraction of sp³-hybridized carbons (Fsp3) is 0.875. The lowest BCUT2D eigenvalue weighted by Gasteiger charge is -2.28. The maximum atomic E-state index is 9.91. The van der Waals surface area contributed by atoms with Crippen LogP contribution in [0.5, 0.6) is 0 Å². The highest BCUT2D eigenvalue weighted by molar-refractivity contribution is 4.93. The van der Waals surface area contributed by atoms with Crippen LogP contribution in [-0.4, -0.2) is 48.2 Å². The molecule has 0 aliphatic heterocycles. The molecule has 0 bridgehead atoms. The van der Waals surface area contributed by atoms with Gasteiger partial charge in [-0.2, -0.15) is 0 Å². The van der Waals surface area contributed by atoms with E-state index in [2.05, 4.69) is 24.4 Å². The summed E-state index contributed by atoms with van der Waals surface area (Å²) in [5, 5.41) is 22.1. The van der Waals surface area contributed by atoms with E-state index in [1.165, 1.54) is 0 Å². The van der Waals surface area contributed by atoms with E-state index in [4.69, 9.17) is 9.84 Å². The van der Waals surface area contributed by atoms with Gasteiger partial charge in [-0.15, -0.1) is 0 Å². The Morgan fingerprint density at radius 1 is 1.35 bits per heavy atom. The molecule has 118 valence electrons. The topological polar surface area (TPSA) is 61.7 Å². The molecular weight excluding hydrogens is 254 g/mol. The standard InChI is InChI=1S/C16H31NO3/c1-13-6-4-5-7-14(13)11-20-12-15(19)10-17-16(2,3)8-9-18/h4-5,13-15,17-19H,6-12H2,1-3H3. The van der Waals surface area contributed by atoms with Gasteiger partial charge in [0.1, 0.15) is 0 Å². The lowest BCUT2D eigenvalue weighted by atomic mass is 9.85. The van der Waals surface area contributed by atoms with Gasteiger partial charge in [-0.3, -0.25) is 0 Å². The van der Waals surface area contributed by atoms with E-state index < -0.39 is 6.10 Å². The predicted octanol–water partition coefficient (Wildman–Crippen LogP) is 1.72. The van der Waals surface area contributed by atoms with Crippen molar-refractivity contribution in [2.45, 2.75) is 51.7 Å². The van der Waals surface area contributed by atoms with Crippen LogP contribution < -0.4 is 5.32 Å². The van der Waals surface area contributed by atoms with Crippen molar-refractivity contribution in [2.75, 3.05) is 26.4 Å². The van der Waals surface area contributed by atoms with E-state index in [1.54, 1.807) is 0 Å². The minimum Gasteiger partial charge on any atom is -0.396 e. The van der Waals surface area contributed by atoms with Crippen LogP contribution in [0.25, 0.3) is 0 Å². The first-order chi connectivity index (χ1) is 9.44. The fourth-order valence-corrected chi connectivity index (χ4v) is 2.42. The summed E-state index contributed by atoms with van der Waals surface area (Å²) in [6.45, 7) is 8.04. The smallest absolute Gasteiger partial charge is 0.0897 e. The molecule has 20 heavy (non-hydrogen) atoms. The molecule has 0 aromatic heterocycles. The molecule has 1 aliphatic rings. The number of hydrogen-bond donors (Lipinski definition) is 3. The Morgan fingerprint density at radius 2 is 2.05 bits per heavy atom. The maximum Gasteiger partial charge on any atom is 0.0897 e. The summed E-state index contributed by atoms with van der Waals surface area (Å²) in [6, 6.07) is 0. The molecule has 0 spiro atoms. The normalized spacial score (nSPS) is 24.9. The lowest BCUT2D eigenvalue weighted by Crippen LogP contribution is -2.45. The summed E-state index contributed by atoms with van der Waals surface area (Å²) < 4.78 is 5.66. The van der Waals surface area contributed by atoms with Crippen molar-refractivity contribution >= 4 is 0 Å². The van der Waals surface area contributed by atoms with Crippen LogP contribution in [0.4, 0.5) is 0 Å². The number of ether oxygens (including phenoxy) is 1. The van der Waals surface area contributed by atoms with Crippen LogP contribution >= 0.6 is 0 Å². The molecule has 4 nitrogen and oxygen atoms in total. The Hall–Kier alpha value is -0.420. The van der Waals surface area contributed by atoms with E-state index in [0.717, 1.165) is 19.4 Å². The number of aliphatic hydroxyl groups is 2. The molecule has 4 heteroatoms. The van der Waals surface area contributed by atoms with Gasteiger partial charge >= 0.3 is 0 Å². The number of allylic oxidation sites excluding steroid dienone is 2. The van der Waals surface area contributed by atoms with Gasteiger partial charge in [-0.25, -0.2) is 0 Å². The second kappa shape index (κ2) is 8.78. The van der Waals surface area contributed by atoms with Crippen LogP contribution in [-0.2, 0) is 4.74 Å². The van der Waals surface area contributed by atoms with E-state index in [0.29, 0.717) is 31.4 Å². The molecule has 0 amide bonds. The summed E-state index contributed by atoms with van der Waals surface area (Å²) in [4.78, 5) is 0. The molecule has 3 unspecified atom stereocenters. The minimum absolute atomic E-state index is 0.152. The van der Waals surface area contributed by atoms with Gasteiger partial charge in [-0.05, 0) is 44.9 Å². The fourth-order valence-electron chi connectivity index (χ4n) is 2.42. The monoisotopic (exact) mass is 285 g/mol. The SMILES string of the molecule is CC1CC=CCC1COCC(O)CNC(C)(C)CCO. The number of hydrogen-bond acceptors (Lipinski definition) is 4. The molecule has 0 aromatic rings. The Kier molecular flexibility index (Phi) is 7.74. The number of β-amino-alcohol motifs (C(OH)–C–C–N with tert-alkyl or cyclic N) is 1. The number of aliphatic hydroxyl groups excluding tert-OH is 2. The molecule has 3 N–H and O–H groups in total. The van der Waals surface area contributed by atoms with E-state index >= 15 is 0 Å². The van der Waals surface area contributed by atoms with Crippen molar-refractivity contribution in [2.24, 2.45) is 11.8 Å². The predicted molar refractivity (Wildman–Crippen MR) is 81.6 cm³/mol. The molecule has 0 aromatic carbocycles. The third-order valence-corrected chi connectivity index (χ3v) is 4.11. The maximum absolute atomic E-state index is 9.91. The van der Waals surface area contributed by atoms with Gasteiger partial charge in [-0.1, -0.05) is 19.1 Å². The van der Waals surface area contributed by atoms with Crippen molar-refractivity contribution in [3.8, 4) is 0 Å². The molecule has 3 atom stereocenters. The van der Waals surface area contributed by atoms with Gasteiger partial charge in [0.15, 0.2) is 0 Å². The molecule has 0 saturated carbocycles. The zero-order chi connectivity index (χ0) is 15.0. The molecule has 0 radical (unpaired) electrons. The third kappa shape index (κ3) is 6.84. The Balaban J connectivity index is 2.13. The largest absolute Gasteiger partial charge is 0.396 e. The van der Waals surface area contributed by atoms with E-state index in [-0.39, 0.29) is 12.1 Å². The van der Waals surface area contributed by atoms with Crippen molar-refractivity contribution in [3.63, 3.8) is 0 Å². The third-order valence-electron chi connectivity index (χ3n) is 4.11. The van der Waals surface area contributed by atoms with Crippen LogP contribution in [0.2, 0.25) is 0 Å². The highest BCUT2D eigenvalue weighted by atomic mass is 16.5. The zero-order valence-electron chi connectivity index (χ0n) is 13.1. The molecule has 0 heterocycles. The van der Waals surface area contributed by atoms with Crippen LogP contribution in [0.15, 0.2) is 12.2 Å². The summed E-state index contributed by atoms with van der Waals surface area (Å²) in [5.74, 6) is 1.24. The van der Waals surface area contributed by atoms with Crippen molar-refractivity contribution in [1.29, 1.82) is 0 Å². The Morgan fingerprint density at radius 3 is 2.70 bits per heavy atom. The van der Waals surface area contributed by atoms with Gasteiger partial charge < -0.3 is 20.3 Å². The van der Waals surface area contributed by atoms with Crippen molar-refractivity contribution in [3.05, 3.63) is 12.2 Å². The Labute approximate surface area is 123 Å². The average Bonchev–Trinajstić information content (AvgIpc) is 2.39. The van der Waals surface area contributed by atoms with Crippen LogP contribution in [0, 0.1) is 11.8 Å². The first-order valence-electron chi connectivity index (χ1n) is 7.71. The molecule has 0 saturated heterocycles. The molecule has 1 aliphatic carbocycles. The first kappa shape index (κ1) is 17.6. The van der Waals surface area contributed by atoms with Gasteiger partial charge in [0, 0.05) is 18.7 Å². The molecular formula is C16H31NO3. The second-order valence-electron chi connectivity index (χ2n) is 6.61. The quantitative estimate of drug-likeness (QED) is 0.565. The Bertz CT molecular complexity index is 291. The summed E-state index contributed by atoms with van der Waals surface area (Å²) in [7, 11) is 0. The van der Waals surface area contributed by atoms with Gasteiger partial charge in [0.2, 0.25) is 0 Å². The van der Waals surface area contributed by atoms with Gasteiger partial charge in [0.25, 0.3) is 0 Å². The minimum atomic E-state index is -0.498. The van der Waals surface area contributed by atoms with Gasteiger partial charge in [0.05, 0.1) is 19.3 Å². The molecule has 0 fully saturated rings. The number of nitrogens with one attached hydrogen (secondary N) is 1. The zero-order valence-corrected chi connectivity index (χ0v) is 13.1. The van der Waals surface area contributed by atoms with Crippen LogP contribution in [0.3, 0.4) is 0 Å². The summed E-state index contributed by atoms with van der Waals surface area (Å²) in [6.07, 6.45) is 6.86. The lowest BCUT2D eigenvalue weighted by molar-refractivity contribution is 0.00994. The van der Waals surface area contributed by atoms with Crippen molar-refractivity contribution in [1.82, 2.24) is 5.32 Å². The summed E-state index contributed by atoms with van der Waals surface area (Å²) >= 11 is 0. The highest BCUT2D eigenvalue weighted by Crippen LogP contribution is 2.24.